The highest BCUT2D eigenvalue weighted by Crippen LogP contribution is 2.41. The van der Waals surface area contributed by atoms with Gasteiger partial charge in [-0.15, -0.1) is 0 Å². The maximum absolute atomic E-state index is 13.6. The summed E-state index contributed by atoms with van der Waals surface area (Å²) in [6.07, 6.45) is 3.33. The number of hydrogen-bond donors (Lipinski definition) is 1. The van der Waals surface area contributed by atoms with Crippen LogP contribution in [0.15, 0.2) is 70.1 Å². The van der Waals surface area contributed by atoms with E-state index in [-0.39, 0.29) is 23.1 Å². The predicted molar refractivity (Wildman–Crippen MR) is 120 cm³/mol. The first-order valence-electron chi connectivity index (χ1n) is 10.5. The van der Waals surface area contributed by atoms with Gasteiger partial charge in [0.15, 0.2) is 11.5 Å². The number of nitrogens with zero attached hydrogens (tertiary/aromatic N) is 2. The summed E-state index contributed by atoms with van der Waals surface area (Å²) in [6, 6.07) is 16.2. The fourth-order valence-electron chi connectivity index (χ4n) is 4.17. The van der Waals surface area contributed by atoms with Gasteiger partial charge in [0.2, 0.25) is 5.91 Å². The minimum atomic E-state index is -0.617. The minimum Gasteiger partial charge on any atom is -0.463 e. The lowest BCUT2D eigenvalue weighted by molar-refractivity contribution is -0.119. The van der Waals surface area contributed by atoms with Gasteiger partial charge >= 0.3 is 0 Å². The van der Waals surface area contributed by atoms with Gasteiger partial charge in [-0.1, -0.05) is 30.3 Å². The van der Waals surface area contributed by atoms with Crippen LogP contribution in [0.25, 0.3) is 22.5 Å². The van der Waals surface area contributed by atoms with Gasteiger partial charge < -0.3 is 9.73 Å². The number of aryl methyl sites for hydroxylation is 2. The molecule has 1 unspecified atom stereocenters. The molecule has 31 heavy (non-hydrogen) atoms. The fraction of sp³-hybridized carbons (Fsp3) is 0.240. The molecule has 0 saturated heterocycles. The number of amides is 1. The number of fused-ring (bicyclic) bond motifs is 1. The average Bonchev–Trinajstić information content (AvgIpc) is 3.44. The minimum absolute atomic E-state index is 0.109. The monoisotopic (exact) mass is 413 g/mol. The van der Waals surface area contributed by atoms with Crippen LogP contribution in [-0.4, -0.2) is 15.5 Å². The Balaban J connectivity index is 1.68. The van der Waals surface area contributed by atoms with Crippen molar-refractivity contribution in [1.29, 1.82) is 0 Å². The number of anilines is 1. The highest BCUT2D eigenvalue weighted by atomic mass is 16.3. The third-order valence-corrected chi connectivity index (χ3v) is 5.89. The number of aromatic nitrogens is 2. The largest absolute Gasteiger partial charge is 0.463 e. The molecule has 1 fully saturated rings. The van der Waals surface area contributed by atoms with Gasteiger partial charge in [0.1, 0.15) is 6.04 Å². The molecule has 4 aromatic rings. The third kappa shape index (κ3) is 3.44. The van der Waals surface area contributed by atoms with Crippen molar-refractivity contribution in [3.8, 4) is 11.5 Å². The van der Waals surface area contributed by atoms with Crippen molar-refractivity contribution in [3.05, 3.63) is 82.3 Å². The van der Waals surface area contributed by atoms with Crippen LogP contribution in [0.4, 0.5) is 5.69 Å². The van der Waals surface area contributed by atoms with Gasteiger partial charge in [-0.05, 0) is 68.0 Å². The normalized spacial score (nSPS) is 14.5. The Hall–Kier alpha value is -3.67. The van der Waals surface area contributed by atoms with E-state index < -0.39 is 6.04 Å². The molecule has 1 amide bonds. The standard InChI is InChI=1S/C25H23N3O3/c1-15-7-5-8-16(2)21(15)27-24(29)23(17-12-13-17)28-19-10-4-3-9-18(19)26-22(25(28)30)20-11-6-14-31-20/h3-11,14,17,23H,12-13H2,1-2H3,(H,27,29). The van der Waals surface area contributed by atoms with E-state index in [9.17, 15) is 9.59 Å². The quantitative estimate of drug-likeness (QED) is 0.507. The summed E-state index contributed by atoms with van der Waals surface area (Å²) in [5, 5.41) is 3.10. The third-order valence-electron chi connectivity index (χ3n) is 5.89. The van der Waals surface area contributed by atoms with Crippen LogP contribution in [0, 0.1) is 19.8 Å². The summed E-state index contributed by atoms with van der Waals surface area (Å²) in [5.74, 6) is 0.329. The molecule has 156 valence electrons. The van der Waals surface area contributed by atoms with E-state index in [1.807, 2.05) is 56.3 Å². The molecule has 0 bridgehead atoms. The van der Waals surface area contributed by atoms with E-state index >= 15 is 0 Å². The van der Waals surface area contributed by atoms with Crippen LogP contribution in [0.2, 0.25) is 0 Å². The van der Waals surface area contributed by atoms with Gasteiger partial charge in [-0.3, -0.25) is 14.2 Å². The summed E-state index contributed by atoms with van der Waals surface area (Å²) >= 11 is 0. The SMILES string of the molecule is Cc1cccc(C)c1NC(=O)C(C1CC1)n1c(=O)c(-c2ccco2)nc2ccccc21. The number of hydrogen-bond acceptors (Lipinski definition) is 4. The molecule has 0 radical (unpaired) electrons. The fourth-order valence-corrected chi connectivity index (χ4v) is 4.17. The molecular formula is C25H23N3O3. The average molecular weight is 413 g/mol. The van der Waals surface area contributed by atoms with Gasteiger partial charge in [-0.2, -0.15) is 0 Å². The highest BCUT2D eigenvalue weighted by molar-refractivity contribution is 5.96. The summed E-state index contributed by atoms with van der Waals surface area (Å²) in [7, 11) is 0. The molecule has 0 spiro atoms. The first-order chi connectivity index (χ1) is 15.0. The highest BCUT2D eigenvalue weighted by Gasteiger charge is 2.39. The summed E-state index contributed by atoms with van der Waals surface area (Å²) < 4.78 is 7.08. The number of benzene rings is 2. The predicted octanol–water partition coefficient (Wildman–Crippen LogP) is 4.86. The summed E-state index contributed by atoms with van der Waals surface area (Å²) in [4.78, 5) is 31.7. The van der Waals surface area contributed by atoms with Crippen molar-refractivity contribution >= 4 is 22.6 Å². The van der Waals surface area contributed by atoms with Crippen molar-refractivity contribution in [2.45, 2.75) is 32.7 Å². The zero-order valence-electron chi connectivity index (χ0n) is 17.5. The number of nitrogens with one attached hydrogen (secondary N) is 1. The number of para-hydroxylation sites is 3. The van der Waals surface area contributed by atoms with E-state index in [0.29, 0.717) is 16.8 Å². The molecule has 2 heterocycles. The van der Waals surface area contributed by atoms with Gasteiger partial charge in [0, 0.05) is 5.69 Å². The molecule has 1 saturated carbocycles. The lowest BCUT2D eigenvalue weighted by atomic mass is 10.1. The molecule has 0 aliphatic heterocycles. The number of furan rings is 1. The first-order valence-corrected chi connectivity index (χ1v) is 10.5. The van der Waals surface area contributed by atoms with E-state index in [1.165, 1.54) is 6.26 Å². The van der Waals surface area contributed by atoms with Crippen molar-refractivity contribution in [1.82, 2.24) is 9.55 Å². The van der Waals surface area contributed by atoms with Crippen LogP contribution in [0.3, 0.4) is 0 Å². The number of rotatable bonds is 5. The number of carbonyl (C=O) groups excluding carboxylic acids is 1. The molecule has 2 aromatic heterocycles. The maximum atomic E-state index is 13.6. The summed E-state index contributed by atoms with van der Waals surface area (Å²) in [5.41, 5.74) is 3.99. The molecular weight excluding hydrogens is 390 g/mol. The molecule has 6 nitrogen and oxygen atoms in total. The first kappa shape index (κ1) is 19.3. The van der Waals surface area contributed by atoms with Gasteiger partial charge in [0.05, 0.1) is 17.3 Å². The zero-order chi connectivity index (χ0) is 21.5. The van der Waals surface area contributed by atoms with E-state index in [2.05, 4.69) is 10.3 Å². The second kappa shape index (κ2) is 7.54. The van der Waals surface area contributed by atoms with Crippen molar-refractivity contribution in [2.24, 2.45) is 5.92 Å². The lowest BCUT2D eigenvalue weighted by Gasteiger charge is -2.23. The maximum Gasteiger partial charge on any atom is 0.281 e. The molecule has 2 aromatic carbocycles. The second-order valence-electron chi connectivity index (χ2n) is 8.14. The van der Waals surface area contributed by atoms with Gasteiger partial charge in [0.25, 0.3) is 5.56 Å². The molecule has 1 atom stereocenters. The zero-order valence-corrected chi connectivity index (χ0v) is 17.5. The molecule has 1 aliphatic rings. The van der Waals surface area contributed by atoms with Crippen LogP contribution in [-0.2, 0) is 4.79 Å². The van der Waals surface area contributed by atoms with E-state index in [1.54, 1.807) is 16.7 Å². The molecule has 6 heteroatoms. The Morgan fingerprint density at radius 2 is 1.81 bits per heavy atom. The lowest BCUT2D eigenvalue weighted by Crippen LogP contribution is -2.36. The molecule has 5 rings (SSSR count). The van der Waals surface area contributed by atoms with Crippen molar-refractivity contribution < 1.29 is 9.21 Å². The Morgan fingerprint density at radius 3 is 2.48 bits per heavy atom. The van der Waals surface area contributed by atoms with Crippen molar-refractivity contribution in [3.63, 3.8) is 0 Å². The van der Waals surface area contributed by atoms with E-state index in [4.69, 9.17) is 4.42 Å². The Bertz CT molecular complexity index is 1310. The topological polar surface area (TPSA) is 77.1 Å². The van der Waals surface area contributed by atoms with E-state index in [0.717, 1.165) is 29.7 Å². The smallest absolute Gasteiger partial charge is 0.281 e. The molecule has 1 N–H and O–H groups in total. The molecule has 1 aliphatic carbocycles. The van der Waals surface area contributed by atoms with Crippen LogP contribution >= 0.6 is 0 Å². The number of carbonyl (C=O) groups is 1. The van der Waals surface area contributed by atoms with Crippen molar-refractivity contribution in [2.75, 3.05) is 5.32 Å². The Labute approximate surface area is 179 Å². The van der Waals surface area contributed by atoms with Gasteiger partial charge in [-0.25, -0.2) is 4.98 Å². The second-order valence-corrected chi connectivity index (χ2v) is 8.14. The van der Waals surface area contributed by atoms with Crippen LogP contribution in [0.5, 0.6) is 0 Å². The van der Waals surface area contributed by atoms with Crippen LogP contribution < -0.4 is 10.9 Å². The van der Waals surface area contributed by atoms with Crippen LogP contribution in [0.1, 0.15) is 30.0 Å². The summed E-state index contributed by atoms with van der Waals surface area (Å²) in [6.45, 7) is 3.94. The Morgan fingerprint density at radius 1 is 1.06 bits per heavy atom. The Kier molecular flexibility index (Phi) is 4.70.